The Balaban J connectivity index is 0.00000112. The number of rotatable bonds is 3. The molecule has 2 rings (SSSR count). The van der Waals surface area contributed by atoms with Gasteiger partial charge in [-0.25, -0.2) is 0 Å². The number of aliphatic hydroxyl groups is 1. The molecule has 1 aromatic heterocycles. The molecule has 0 radical (unpaired) electrons. The molecule has 0 saturated heterocycles. The molecular formula is C9H16ClN3OS. The number of hydrogen-bond donors (Lipinski definition) is 2. The first kappa shape index (κ1) is 12.8. The zero-order valence-electron chi connectivity index (χ0n) is 8.59. The van der Waals surface area contributed by atoms with E-state index in [9.17, 15) is 5.11 Å². The van der Waals surface area contributed by atoms with Crippen LogP contribution in [0, 0.1) is 5.92 Å². The van der Waals surface area contributed by atoms with Gasteiger partial charge in [-0.2, -0.15) is 0 Å². The van der Waals surface area contributed by atoms with Crippen LogP contribution >= 0.6 is 23.7 Å². The number of halogens is 1. The zero-order chi connectivity index (χ0) is 10.1. The summed E-state index contributed by atoms with van der Waals surface area (Å²) in [6.45, 7) is 2.49. The monoisotopic (exact) mass is 249 g/mol. The zero-order valence-corrected chi connectivity index (χ0v) is 10.2. The molecule has 86 valence electrons. The Morgan fingerprint density at radius 3 is 2.67 bits per heavy atom. The molecule has 0 amide bonds. The molecule has 3 N–H and O–H groups in total. The van der Waals surface area contributed by atoms with Crippen molar-refractivity contribution in [1.82, 2.24) is 10.2 Å². The Kier molecular flexibility index (Phi) is 4.45. The van der Waals surface area contributed by atoms with Crippen LogP contribution in [-0.4, -0.2) is 21.8 Å². The SMILES string of the molecule is C[C@H](O)c1nnc(C2CC(CN)C2)s1.Cl. The first-order valence-electron chi connectivity index (χ1n) is 4.92. The fourth-order valence-corrected chi connectivity index (χ4v) is 2.62. The topological polar surface area (TPSA) is 72.0 Å². The maximum Gasteiger partial charge on any atom is 0.145 e. The Bertz CT molecular complexity index is 312. The maximum absolute atomic E-state index is 9.30. The van der Waals surface area contributed by atoms with Gasteiger partial charge in [-0.15, -0.1) is 22.6 Å². The van der Waals surface area contributed by atoms with Crippen LogP contribution in [0.25, 0.3) is 0 Å². The molecule has 6 heteroatoms. The predicted octanol–water partition coefficient (Wildman–Crippen LogP) is 1.47. The fraction of sp³-hybridized carbons (Fsp3) is 0.778. The van der Waals surface area contributed by atoms with Crippen molar-refractivity contribution < 1.29 is 5.11 Å². The van der Waals surface area contributed by atoms with Crippen LogP contribution in [-0.2, 0) is 0 Å². The lowest BCUT2D eigenvalue weighted by Crippen LogP contribution is -2.28. The highest BCUT2D eigenvalue weighted by Crippen LogP contribution is 2.42. The van der Waals surface area contributed by atoms with Crippen LogP contribution in [0.5, 0.6) is 0 Å². The second-order valence-corrected chi connectivity index (χ2v) is 4.97. The molecule has 1 atom stereocenters. The van der Waals surface area contributed by atoms with Crippen LogP contribution in [0.1, 0.15) is 41.8 Å². The molecule has 0 aliphatic heterocycles. The quantitative estimate of drug-likeness (QED) is 0.851. The Morgan fingerprint density at radius 1 is 1.53 bits per heavy atom. The van der Waals surface area contributed by atoms with E-state index in [-0.39, 0.29) is 12.4 Å². The number of aliphatic hydroxyl groups excluding tert-OH is 1. The molecule has 0 spiro atoms. The number of nitrogens with two attached hydrogens (primary N) is 1. The summed E-state index contributed by atoms with van der Waals surface area (Å²) in [5.74, 6) is 1.20. The minimum absolute atomic E-state index is 0. The lowest BCUT2D eigenvalue weighted by Gasteiger charge is -2.32. The molecule has 1 aliphatic rings. The van der Waals surface area contributed by atoms with Gasteiger partial charge < -0.3 is 10.8 Å². The third kappa shape index (κ3) is 2.66. The third-order valence-corrected chi connectivity index (χ3v) is 3.99. The van der Waals surface area contributed by atoms with Crippen LogP contribution in [0.15, 0.2) is 0 Å². The van der Waals surface area contributed by atoms with Crippen molar-refractivity contribution in [2.24, 2.45) is 11.7 Å². The number of hydrogen-bond acceptors (Lipinski definition) is 5. The van der Waals surface area contributed by atoms with Crippen molar-refractivity contribution in [3.05, 3.63) is 10.0 Å². The fourth-order valence-electron chi connectivity index (χ4n) is 1.71. The molecule has 1 aromatic rings. The molecule has 1 aliphatic carbocycles. The molecule has 0 unspecified atom stereocenters. The largest absolute Gasteiger partial charge is 0.386 e. The average molecular weight is 250 g/mol. The molecule has 1 fully saturated rings. The minimum atomic E-state index is -0.494. The standard InChI is InChI=1S/C9H15N3OS.ClH/c1-5(13)8-11-12-9(14-8)7-2-6(3-7)4-10;/h5-7,13H,2-4,10H2,1H3;1H/t5-,6?,7?;/m0./s1. The Hall–Kier alpha value is -0.230. The smallest absolute Gasteiger partial charge is 0.145 e. The summed E-state index contributed by atoms with van der Waals surface area (Å²) in [6.07, 6.45) is 1.77. The summed E-state index contributed by atoms with van der Waals surface area (Å²) >= 11 is 1.52. The van der Waals surface area contributed by atoms with Gasteiger partial charge in [0, 0.05) is 5.92 Å². The van der Waals surface area contributed by atoms with E-state index in [2.05, 4.69) is 10.2 Å². The van der Waals surface area contributed by atoms with Crippen LogP contribution in [0.3, 0.4) is 0 Å². The van der Waals surface area contributed by atoms with Gasteiger partial charge in [-0.1, -0.05) is 11.3 Å². The van der Waals surface area contributed by atoms with Gasteiger partial charge in [-0.3, -0.25) is 0 Å². The van der Waals surface area contributed by atoms with E-state index in [4.69, 9.17) is 5.73 Å². The molecule has 4 nitrogen and oxygen atoms in total. The van der Waals surface area contributed by atoms with Crippen molar-refractivity contribution in [3.8, 4) is 0 Å². The normalized spacial score (nSPS) is 26.6. The lowest BCUT2D eigenvalue weighted by atomic mass is 9.75. The summed E-state index contributed by atoms with van der Waals surface area (Å²) in [4.78, 5) is 0. The van der Waals surface area contributed by atoms with Crippen molar-refractivity contribution >= 4 is 23.7 Å². The van der Waals surface area contributed by atoms with E-state index in [1.807, 2.05) is 0 Å². The van der Waals surface area contributed by atoms with Gasteiger partial charge in [-0.05, 0) is 32.2 Å². The Labute approximate surface area is 99.3 Å². The molecule has 1 saturated carbocycles. The number of nitrogens with zero attached hydrogens (tertiary/aromatic N) is 2. The van der Waals surface area contributed by atoms with Gasteiger partial charge in [0.05, 0.1) is 0 Å². The van der Waals surface area contributed by atoms with E-state index in [0.717, 1.165) is 29.4 Å². The molecule has 1 heterocycles. The van der Waals surface area contributed by atoms with Crippen molar-refractivity contribution in [2.45, 2.75) is 31.8 Å². The minimum Gasteiger partial charge on any atom is -0.386 e. The summed E-state index contributed by atoms with van der Waals surface area (Å²) in [6, 6.07) is 0. The average Bonchev–Trinajstić information content (AvgIpc) is 2.51. The van der Waals surface area contributed by atoms with Gasteiger partial charge in [0.2, 0.25) is 0 Å². The highest BCUT2D eigenvalue weighted by molar-refractivity contribution is 7.11. The van der Waals surface area contributed by atoms with Crippen LogP contribution in [0.4, 0.5) is 0 Å². The van der Waals surface area contributed by atoms with Gasteiger partial charge >= 0.3 is 0 Å². The van der Waals surface area contributed by atoms with E-state index >= 15 is 0 Å². The number of aromatic nitrogens is 2. The van der Waals surface area contributed by atoms with Crippen molar-refractivity contribution in [1.29, 1.82) is 0 Å². The van der Waals surface area contributed by atoms with Crippen LogP contribution < -0.4 is 5.73 Å². The third-order valence-electron chi connectivity index (χ3n) is 2.73. The first-order valence-corrected chi connectivity index (χ1v) is 5.73. The second kappa shape index (κ2) is 5.21. The van der Waals surface area contributed by atoms with E-state index < -0.39 is 6.10 Å². The second-order valence-electron chi connectivity index (χ2n) is 3.92. The molecular weight excluding hydrogens is 234 g/mol. The highest BCUT2D eigenvalue weighted by Gasteiger charge is 2.31. The van der Waals surface area contributed by atoms with Crippen molar-refractivity contribution in [3.63, 3.8) is 0 Å². The summed E-state index contributed by atoms with van der Waals surface area (Å²) in [7, 11) is 0. The first-order chi connectivity index (χ1) is 6.70. The lowest BCUT2D eigenvalue weighted by molar-refractivity contribution is 0.198. The summed E-state index contributed by atoms with van der Waals surface area (Å²) in [5.41, 5.74) is 5.55. The Morgan fingerprint density at radius 2 is 2.20 bits per heavy atom. The summed E-state index contributed by atoms with van der Waals surface area (Å²) in [5, 5.41) is 19.1. The molecule has 0 bridgehead atoms. The van der Waals surface area contributed by atoms with Gasteiger partial charge in [0.15, 0.2) is 0 Å². The van der Waals surface area contributed by atoms with E-state index in [1.165, 1.54) is 11.3 Å². The van der Waals surface area contributed by atoms with Crippen molar-refractivity contribution in [2.75, 3.05) is 6.54 Å². The maximum atomic E-state index is 9.30. The van der Waals surface area contributed by atoms with Gasteiger partial charge in [0.1, 0.15) is 16.1 Å². The highest BCUT2D eigenvalue weighted by atomic mass is 35.5. The van der Waals surface area contributed by atoms with Crippen LogP contribution in [0.2, 0.25) is 0 Å². The van der Waals surface area contributed by atoms with E-state index in [0.29, 0.717) is 11.8 Å². The predicted molar refractivity (Wildman–Crippen MR) is 62.3 cm³/mol. The molecule has 0 aromatic carbocycles. The summed E-state index contributed by atoms with van der Waals surface area (Å²) < 4.78 is 0. The van der Waals surface area contributed by atoms with E-state index in [1.54, 1.807) is 6.92 Å². The molecule has 15 heavy (non-hydrogen) atoms. The van der Waals surface area contributed by atoms with Gasteiger partial charge in [0.25, 0.3) is 0 Å².